The zero-order valence-corrected chi connectivity index (χ0v) is 18.6. The minimum absolute atomic E-state index is 0.197. The van der Waals surface area contributed by atoms with Crippen LogP contribution < -0.4 is 25.0 Å². The quantitative estimate of drug-likeness (QED) is 0.516. The second kappa shape index (κ2) is 9.72. The van der Waals surface area contributed by atoms with E-state index in [1.807, 2.05) is 30.3 Å². The molecule has 3 aromatic rings. The molecule has 168 valence electrons. The second-order valence-electron chi connectivity index (χ2n) is 7.96. The van der Waals surface area contributed by atoms with E-state index in [-0.39, 0.29) is 5.75 Å². The van der Waals surface area contributed by atoms with Crippen LogP contribution in [-0.2, 0) is 0 Å². The minimum Gasteiger partial charge on any atom is -0.497 e. The monoisotopic (exact) mass is 437 g/mol. The molecule has 2 heterocycles. The van der Waals surface area contributed by atoms with Crippen LogP contribution in [0.25, 0.3) is 0 Å². The van der Waals surface area contributed by atoms with Crippen molar-refractivity contribution in [3.63, 3.8) is 0 Å². The number of hydrogen-bond acceptors (Lipinski definition) is 7. The predicted molar refractivity (Wildman–Crippen MR) is 125 cm³/mol. The zero-order chi connectivity index (χ0) is 22.5. The average molecular weight is 438 g/mol. The van der Waals surface area contributed by atoms with E-state index in [1.54, 1.807) is 19.2 Å². The highest BCUT2D eigenvalue weighted by molar-refractivity contribution is 5.65. The summed E-state index contributed by atoms with van der Waals surface area (Å²) in [6, 6.07) is 14.2. The highest BCUT2D eigenvalue weighted by Gasteiger charge is 2.19. The molecule has 0 spiro atoms. The van der Waals surface area contributed by atoms with E-state index < -0.39 is 5.82 Å². The summed E-state index contributed by atoms with van der Waals surface area (Å²) in [4.78, 5) is 11.6. The lowest BCUT2D eigenvalue weighted by atomic mass is 10.0. The normalized spacial score (nSPS) is 15.9. The maximum absolute atomic E-state index is 14.2. The molecule has 0 aliphatic carbocycles. The van der Waals surface area contributed by atoms with E-state index >= 15 is 0 Å². The molecule has 1 atom stereocenters. The number of halogens is 1. The number of hydrogen-bond donors (Lipinski definition) is 2. The summed E-state index contributed by atoms with van der Waals surface area (Å²) in [7, 11) is 3.08. The molecular weight excluding hydrogens is 409 g/mol. The van der Waals surface area contributed by atoms with Crippen molar-refractivity contribution in [2.24, 2.45) is 5.92 Å². The topological polar surface area (TPSA) is 71.5 Å². The number of nitrogens with zero attached hydrogens (tertiary/aromatic N) is 3. The summed E-state index contributed by atoms with van der Waals surface area (Å²) in [6.07, 6.45) is 2.34. The van der Waals surface area contributed by atoms with Crippen molar-refractivity contribution in [1.82, 2.24) is 9.97 Å². The molecule has 2 N–H and O–H groups in total. The van der Waals surface area contributed by atoms with Crippen molar-refractivity contribution < 1.29 is 13.9 Å². The molecule has 1 saturated heterocycles. The maximum Gasteiger partial charge on any atom is 0.231 e. The number of methoxy groups -OCH3 is 2. The van der Waals surface area contributed by atoms with Gasteiger partial charge in [0, 0.05) is 36.6 Å². The molecule has 8 heteroatoms. The number of anilines is 5. The Bertz CT molecular complexity index is 1060. The van der Waals surface area contributed by atoms with Gasteiger partial charge in [0.25, 0.3) is 0 Å². The Kier molecular flexibility index (Phi) is 6.58. The first-order valence-corrected chi connectivity index (χ1v) is 10.7. The van der Waals surface area contributed by atoms with Crippen molar-refractivity contribution in [3.8, 4) is 11.5 Å². The molecule has 1 unspecified atom stereocenters. The number of piperidine rings is 1. The molecule has 1 aliphatic heterocycles. The summed E-state index contributed by atoms with van der Waals surface area (Å²) < 4.78 is 24.4. The van der Waals surface area contributed by atoms with Crippen LogP contribution in [0, 0.1) is 11.7 Å². The lowest BCUT2D eigenvalue weighted by Gasteiger charge is -2.32. The highest BCUT2D eigenvalue weighted by Crippen LogP contribution is 2.28. The molecule has 1 fully saturated rings. The van der Waals surface area contributed by atoms with Gasteiger partial charge in [-0.05, 0) is 55.2 Å². The van der Waals surface area contributed by atoms with Crippen molar-refractivity contribution in [2.75, 3.05) is 42.8 Å². The van der Waals surface area contributed by atoms with Crippen LogP contribution in [0.1, 0.15) is 19.8 Å². The highest BCUT2D eigenvalue weighted by atomic mass is 19.1. The van der Waals surface area contributed by atoms with Crippen LogP contribution in [0.4, 0.5) is 33.3 Å². The fourth-order valence-corrected chi connectivity index (χ4v) is 3.81. The molecule has 0 amide bonds. The molecule has 0 radical (unpaired) electrons. The van der Waals surface area contributed by atoms with Gasteiger partial charge in [0.15, 0.2) is 11.6 Å². The summed E-state index contributed by atoms with van der Waals surface area (Å²) in [5.74, 6) is 3.01. The number of nitrogens with one attached hydrogen (secondary N) is 2. The predicted octanol–water partition coefficient (Wildman–Crippen LogP) is 5.36. The van der Waals surface area contributed by atoms with E-state index in [0.29, 0.717) is 23.4 Å². The van der Waals surface area contributed by atoms with Gasteiger partial charge in [-0.25, -0.2) is 4.39 Å². The third-order valence-corrected chi connectivity index (χ3v) is 5.46. The molecule has 0 saturated carbocycles. The largest absolute Gasteiger partial charge is 0.497 e. The summed E-state index contributed by atoms with van der Waals surface area (Å²) >= 11 is 0. The van der Waals surface area contributed by atoms with Crippen LogP contribution in [-0.4, -0.2) is 37.3 Å². The Balaban J connectivity index is 1.63. The van der Waals surface area contributed by atoms with Gasteiger partial charge in [-0.2, -0.15) is 9.97 Å². The Morgan fingerprint density at radius 1 is 0.969 bits per heavy atom. The number of benzene rings is 2. The Morgan fingerprint density at radius 3 is 2.44 bits per heavy atom. The number of ether oxygens (including phenoxy) is 2. The molecule has 32 heavy (non-hydrogen) atoms. The Hall–Kier alpha value is -3.55. The van der Waals surface area contributed by atoms with Crippen molar-refractivity contribution >= 4 is 29.0 Å². The summed E-state index contributed by atoms with van der Waals surface area (Å²) in [6.45, 7) is 4.14. The van der Waals surface area contributed by atoms with Gasteiger partial charge in [0.2, 0.25) is 5.95 Å². The van der Waals surface area contributed by atoms with Gasteiger partial charge in [-0.3, -0.25) is 0 Å². The summed E-state index contributed by atoms with van der Waals surface area (Å²) in [5.41, 5.74) is 1.42. The van der Waals surface area contributed by atoms with E-state index in [4.69, 9.17) is 14.5 Å². The fraction of sp³-hybridized carbons (Fsp3) is 0.333. The van der Waals surface area contributed by atoms with Crippen molar-refractivity contribution in [3.05, 3.63) is 54.3 Å². The molecule has 7 nitrogen and oxygen atoms in total. The Labute approximate surface area is 187 Å². The SMILES string of the molecule is COc1ccc(Nc2nc(Nc3ccc(OC)c(F)c3)cc(N3CCCC(C)C3)n2)cc1. The molecule has 1 aliphatic rings. The smallest absolute Gasteiger partial charge is 0.231 e. The van der Waals surface area contributed by atoms with Gasteiger partial charge in [0.05, 0.1) is 14.2 Å². The van der Waals surface area contributed by atoms with E-state index in [9.17, 15) is 4.39 Å². The standard InChI is InChI=1S/C24H28FN5O2/c1-16-5-4-12-30(15-16)23-14-22(26-18-8-11-21(32-3)20(25)13-18)28-24(29-23)27-17-6-9-19(31-2)10-7-17/h6-11,13-14,16H,4-5,12,15H2,1-3H3,(H2,26,27,28,29). The van der Waals surface area contributed by atoms with Crippen LogP contribution in [0.5, 0.6) is 11.5 Å². The molecule has 1 aromatic heterocycles. The number of rotatable bonds is 7. The fourth-order valence-electron chi connectivity index (χ4n) is 3.81. The van der Waals surface area contributed by atoms with Gasteiger partial charge < -0.3 is 25.0 Å². The van der Waals surface area contributed by atoms with Crippen LogP contribution in [0.3, 0.4) is 0 Å². The zero-order valence-electron chi connectivity index (χ0n) is 18.6. The first-order valence-electron chi connectivity index (χ1n) is 10.7. The van der Waals surface area contributed by atoms with Crippen LogP contribution in [0.2, 0.25) is 0 Å². The van der Waals surface area contributed by atoms with Gasteiger partial charge in [0.1, 0.15) is 17.4 Å². The first kappa shape index (κ1) is 21.7. The van der Waals surface area contributed by atoms with E-state index in [0.717, 1.165) is 36.8 Å². The van der Waals surface area contributed by atoms with E-state index in [1.165, 1.54) is 19.6 Å². The average Bonchev–Trinajstić information content (AvgIpc) is 2.79. The van der Waals surface area contributed by atoms with E-state index in [2.05, 4.69) is 27.4 Å². The third kappa shape index (κ3) is 5.19. The van der Waals surface area contributed by atoms with Gasteiger partial charge in [-0.1, -0.05) is 6.92 Å². The third-order valence-electron chi connectivity index (χ3n) is 5.46. The lowest BCUT2D eigenvalue weighted by Crippen LogP contribution is -2.35. The van der Waals surface area contributed by atoms with Crippen LogP contribution in [0.15, 0.2) is 48.5 Å². The summed E-state index contributed by atoms with van der Waals surface area (Å²) in [5, 5.41) is 6.46. The Morgan fingerprint density at radius 2 is 1.75 bits per heavy atom. The molecule has 2 aromatic carbocycles. The number of aromatic nitrogens is 2. The van der Waals surface area contributed by atoms with Gasteiger partial charge in [-0.15, -0.1) is 0 Å². The van der Waals surface area contributed by atoms with Crippen molar-refractivity contribution in [2.45, 2.75) is 19.8 Å². The molecular formula is C24H28FN5O2. The van der Waals surface area contributed by atoms with Crippen molar-refractivity contribution in [1.29, 1.82) is 0 Å². The molecule has 0 bridgehead atoms. The van der Waals surface area contributed by atoms with Gasteiger partial charge >= 0.3 is 0 Å². The van der Waals surface area contributed by atoms with Crippen LogP contribution >= 0.6 is 0 Å². The minimum atomic E-state index is -0.437. The lowest BCUT2D eigenvalue weighted by molar-refractivity contribution is 0.386. The molecule has 4 rings (SSSR count). The first-order chi connectivity index (χ1) is 15.5. The maximum atomic E-state index is 14.2. The second-order valence-corrected chi connectivity index (χ2v) is 7.96.